The lowest BCUT2D eigenvalue weighted by Gasteiger charge is -2.36. The molecule has 0 spiro atoms. The number of ether oxygens (including phenoxy) is 3. The number of aromatic nitrogens is 1. The van der Waals surface area contributed by atoms with Gasteiger partial charge in [-0.3, -0.25) is 9.80 Å². The number of thiazole rings is 1. The highest BCUT2D eigenvalue weighted by Gasteiger charge is 2.29. The molecule has 1 fully saturated rings. The Kier molecular flexibility index (Phi) is 8.88. The first-order valence-corrected chi connectivity index (χ1v) is 14.4. The Morgan fingerprint density at radius 2 is 1.70 bits per heavy atom. The third kappa shape index (κ3) is 7.09. The summed E-state index contributed by atoms with van der Waals surface area (Å²) in [6, 6.07) is 10.8. The summed E-state index contributed by atoms with van der Waals surface area (Å²) in [6.45, 7) is 5.61. The number of nitrogens with two attached hydrogens (primary N) is 1. The van der Waals surface area contributed by atoms with Gasteiger partial charge in [0.05, 0.1) is 29.4 Å². The van der Waals surface area contributed by atoms with Gasteiger partial charge in [0, 0.05) is 45.3 Å². The molecule has 10 nitrogen and oxygen atoms in total. The van der Waals surface area contributed by atoms with E-state index in [4.69, 9.17) is 19.3 Å². The minimum Gasteiger partial charge on any atom is -0.493 e. The number of methoxy groups -OCH3 is 2. The summed E-state index contributed by atoms with van der Waals surface area (Å²) in [5, 5.41) is 16.3. The van der Waals surface area contributed by atoms with Crippen LogP contribution in [0, 0.1) is 6.92 Å². The van der Waals surface area contributed by atoms with E-state index in [-0.39, 0.29) is 13.2 Å². The van der Waals surface area contributed by atoms with Crippen LogP contribution in [0.25, 0.3) is 10.2 Å². The molecule has 2 atom stereocenters. The number of β-amino-alcohol motifs (C(OH)–C–C–N with tert-alkyl or cyclic N) is 1. The van der Waals surface area contributed by atoms with Crippen LogP contribution in [0.5, 0.6) is 17.2 Å². The van der Waals surface area contributed by atoms with E-state index in [0.717, 1.165) is 15.2 Å². The average molecular weight is 551 g/mol. The average Bonchev–Trinajstić information content (AvgIpc) is 3.25. The smallest absolute Gasteiger partial charge is 0.217 e. The summed E-state index contributed by atoms with van der Waals surface area (Å²) in [7, 11) is -0.819. The van der Waals surface area contributed by atoms with E-state index in [9.17, 15) is 13.5 Å². The van der Waals surface area contributed by atoms with Gasteiger partial charge in [-0.05, 0) is 36.8 Å². The van der Waals surface area contributed by atoms with Crippen molar-refractivity contribution in [3.8, 4) is 17.2 Å². The number of aliphatic hydroxyl groups excluding tert-OH is 1. The maximum absolute atomic E-state index is 12.5. The SMILES string of the molecule is COc1ccc(C(CN2CCN(C[C@@H](O)COc3ccc4sc(C)nc4c3)CC2)S(N)(=O)=O)cc1OC. The molecular formula is C25H34N4O6S2. The zero-order chi connectivity index (χ0) is 26.6. The number of piperazine rings is 1. The van der Waals surface area contributed by atoms with Crippen molar-refractivity contribution in [3.63, 3.8) is 0 Å². The highest BCUT2D eigenvalue weighted by Crippen LogP contribution is 2.32. The first-order chi connectivity index (χ1) is 17.7. The van der Waals surface area contributed by atoms with E-state index in [1.54, 1.807) is 29.5 Å². The zero-order valence-corrected chi connectivity index (χ0v) is 22.9. The second-order valence-corrected chi connectivity index (χ2v) is 12.1. The molecule has 1 saturated heterocycles. The highest BCUT2D eigenvalue weighted by atomic mass is 32.2. The Balaban J connectivity index is 1.28. The molecule has 3 N–H and O–H groups in total. The molecule has 1 unspecified atom stereocenters. The monoisotopic (exact) mass is 550 g/mol. The van der Waals surface area contributed by atoms with E-state index in [1.807, 2.05) is 25.1 Å². The molecule has 0 aliphatic carbocycles. The third-order valence-corrected chi connectivity index (χ3v) is 8.61. The Hall–Kier alpha value is -2.48. The van der Waals surface area contributed by atoms with Crippen LogP contribution in [0.1, 0.15) is 15.8 Å². The summed E-state index contributed by atoms with van der Waals surface area (Å²) in [5.74, 6) is 1.66. The molecule has 1 aliphatic heterocycles. The van der Waals surface area contributed by atoms with Crippen molar-refractivity contribution in [1.29, 1.82) is 0 Å². The van der Waals surface area contributed by atoms with E-state index < -0.39 is 21.4 Å². The normalized spacial score (nSPS) is 17.0. The summed E-state index contributed by atoms with van der Waals surface area (Å²) < 4.78 is 42.4. The Morgan fingerprint density at radius 1 is 1.03 bits per heavy atom. The fraction of sp³-hybridized carbons (Fsp3) is 0.480. The van der Waals surface area contributed by atoms with Crippen LogP contribution in [-0.2, 0) is 10.0 Å². The molecule has 3 aromatic rings. The fourth-order valence-corrected chi connectivity index (χ4v) is 6.25. The second-order valence-electron chi connectivity index (χ2n) is 9.12. The second kappa shape index (κ2) is 11.9. The topological polar surface area (TPSA) is 127 Å². The Labute approximate surface area is 221 Å². The van der Waals surface area contributed by atoms with Gasteiger partial charge >= 0.3 is 0 Å². The lowest BCUT2D eigenvalue weighted by Crippen LogP contribution is -2.50. The number of hydrogen-bond acceptors (Lipinski definition) is 10. The number of nitrogens with zero attached hydrogens (tertiary/aromatic N) is 3. The van der Waals surface area contributed by atoms with Crippen LogP contribution < -0.4 is 19.3 Å². The number of hydrogen-bond donors (Lipinski definition) is 2. The minimum absolute atomic E-state index is 0.182. The first-order valence-electron chi connectivity index (χ1n) is 12.0. The molecule has 1 aliphatic rings. The number of aliphatic hydroxyl groups is 1. The molecule has 0 saturated carbocycles. The van der Waals surface area contributed by atoms with Crippen molar-refractivity contribution in [2.45, 2.75) is 18.3 Å². The quantitative estimate of drug-likeness (QED) is 0.368. The van der Waals surface area contributed by atoms with Gasteiger partial charge in [0.25, 0.3) is 0 Å². The number of benzene rings is 2. The van der Waals surface area contributed by atoms with E-state index in [2.05, 4.69) is 14.8 Å². The van der Waals surface area contributed by atoms with Gasteiger partial charge in [-0.15, -0.1) is 11.3 Å². The summed E-state index contributed by atoms with van der Waals surface area (Å²) in [5.41, 5.74) is 1.46. The predicted molar refractivity (Wildman–Crippen MR) is 144 cm³/mol. The molecule has 1 aromatic heterocycles. The zero-order valence-electron chi connectivity index (χ0n) is 21.3. The minimum atomic E-state index is -3.85. The first kappa shape index (κ1) is 27.6. The third-order valence-electron chi connectivity index (χ3n) is 6.44. The molecule has 37 heavy (non-hydrogen) atoms. The van der Waals surface area contributed by atoms with E-state index in [0.29, 0.717) is 55.5 Å². The summed E-state index contributed by atoms with van der Waals surface area (Å²) in [6.07, 6.45) is -0.650. The molecule has 12 heteroatoms. The number of rotatable bonds is 11. The highest BCUT2D eigenvalue weighted by molar-refractivity contribution is 7.89. The molecule has 0 amide bonds. The van der Waals surface area contributed by atoms with Gasteiger partial charge in [-0.1, -0.05) is 6.07 Å². The molecule has 0 radical (unpaired) electrons. The van der Waals surface area contributed by atoms with Crippen molar-refractivity contribution in [2.75, 3.05) is 60.1 Å². The Bertz CT molecular complexity index is 1310. The van der Waals surface area contributed by atoms with E-state index in [1.165, 1.54) is 14.2 Å². The van der Waals surface area contributed by atoms with Crippen molar-refractivity contribution in [2.24, 2.45) is 5.14 Å². The maximum Gasteiger partial charge on any atom is 0.217 e. The van der Waals surface area contributed by atoms with Crippen LogP contribution in [-0.4, -0.2) is 94.5 Å². The van der Waals surface area contributed by atoms with Crippen molar-refractivity contribution in [1.82, 2.24) is 14.8 Å². The summed E-state index contributed by atoms with van der Waals surface area (Å²) in [4.78, 5) is 8.71. The van der Waals surface area contributed by atoms with Crippen LogP contribution in [0.2, 0.25) is 0 Å². The van der Waals surface area contributed by atoms with Crippen LogP contribution in [0.4, 0.5) is 0 Å². The Morgan fingerprint density at radius 3 is 2.35 bits per heavy atom. The number of fused-ring (bicyclic) bond motifs is 1. The van der Waals surface area contributed by atoms with Crippen LogP contribution >= 0.6 is 11.3 Å². The van der Waals surface area contributed by atoms with Crippen molar-refractivity contribution in [3.05, 3.63) is 47.0 Å². The molecule has 2 aromatic carbocycles. The van der Waals surface area contributed by atoms with Gasteiger partial charge in [-0.25, -0.2) is 18.5 Å². The van der Waals surface area contributed by atoms with Crippen LogP contribution in [0.15, 0.2) is 36.4 Å². The molecular weight excluding hydrogens is 516 g/mol. The van der Waals surface area contributed by atoms with Gasteiger partial charge in [0.15, 0.2) is 11.5 Å². The van der Waals surface area contributed by atoms with Gasteiger partial charge in [0.1, 0.15) is 23.7 Å². The number of sulfonamides is 1. The molecule has 4 rings (SSSR count). The van der Waals surface area contributed by atoms with E-state index >= 15 is 0 Å². The van der Waals surface area contributed by atoms with Crippen molar-refractivity contribution < 1.29 is 27.7 Å². The van der Waals surface area contributed by atoms with Crippen molar-refractivity contribution >= 4 is 31.6 Å². The van der Waals surface area contributed by atoms with Gasteiger partial charge in [-0.2, -0.15) is 0 Å². The number of aryl methyl sites for hydroxylation is 1. The largest absolute Gasteiger partial charge is 0.493 e. The van der Waals surface area contributed by atoms with Gasteiger partial charge < -0.3 is 19.3 Å². The lowest BCUT2D eigenvalue weighted by molar-refractivity contribution is 0.0461. The van der Waals surface area contributed by atoms with Gasteiger partial charge in [0.2, 0.25) is 10.0 Å². The molecule has 0 bridgehead atoms. The fourth-order valence-electron chi connectivity index (χ4n) is 4.50. The lowest BCUT2D eigenvalue weighted by atomic mass is 10.1. The molecule has 202 valence electrons. The maximum atomic E-state index is 12.5. The number of primary sulfonamides is 1. The summed E-state index contributed by atoms with van der Waals surface area (Å²) >= 11 is 1.64. The predicted octanol–water partition coefficient (Wildman–Crippen LogP) is 2.01. The molecule has 2 heterocycles. The van der Waals surface area contributed by atoms with Crippen LogP contribution in [0.3, 0.4) is 0 Å². The standard InChI is InChI=1S/C25H34N4O6S2/c1-17-27-21-13-20(5-7-24(21)36-17)35-16-19(30)14-28-8-10-29(11-9-28)15-25(37(26,31)32)18-4-6-22(33-2)23(12-18)34-3/h4-7,12-13,19,25,30H,8-11,14-16H2,1-3H3,(H2,26,31,32)/t19-,25?/m1/s1.